The number of ketones is 1. The number of carbonyl (C=O) groups excluding carboxylic acids is 1. The summed E-state index contributed by atoms with van der Waals surface area (Å²) in [7, 11) is 0. The fourth-order valence-electron chi connectivity index (χ4n) is 6.73. The Hall–Kier alpha value is -2.32. The summed E-state index contributed by atoms with van der Waals surface area (Å²) >= 11 is 1.61. The van der Waals surface area contributed by atoms with Crippen LogP contribution in [-0.2, 0) is 17.9 Å². The molecule has 1 saturated carbocycles. The molecular weight excluding hydrogens is 492 g/mol. The number of nitrogens with one attached hydrogen (secondary N) is 2. The fraction of sp³-hybridized carbons (Fsp3) is 0.516. The van der Waals surface area contributed by atoms with Gasteiger partial charge in [-0.2, -0.15) is 4.41 Å². The molecule has 3 heterocycles. The maximum Gasteiger partial charge on any atom is 0.165 e. The highest BCUT2D eigenvalue weighted by molar-refractivity contribution is 7.96. The minimum absolute atomic E-state index is 0.0383. The second-order valence-corrected chi connectivity index (χ2v) is 12.4. The van der Waals surface area contributed by atoms with Gasteiger partial charge in [-0.3, -0.25) is 10.1 Å². The van der Waals surface area contributed by atoms with Crippen LogP contribution in [0.25, 0.3) is 22.2 Å². The number of carbonyl (C=O) groups is 1. The van der Waals surface area contributed by atoms with Crippen molar-refractivity contribution in [3.8, 4) is 17.0 Å². The Balaban J connectivity index is 1.61. The molecule has 0 radical (unpaired) electrons. The summed E-state index contributed by atoms with van der Waals surface area (Å²) in [6.45, 7) is 7.92. The Morgan fingerprint density at radius 3 is 2.68 bits per heavy atom. The Morgan fingerprint density at radius 2 is 1.92 bits per heavy atom. The summed E-state index contributed by atoms with van der Waals surface area (Å²) < 4.78 is 11.2. The summed E-state index contributed by atoms with van der Waals surface area (Å²) in [5.74, 6) is 1.76. The van der Waals surface area contributed by atoms with Gasteiger partial charge in [0.05, 0.1) is 12.3 Å². The molecule has 202 valence electrons. The number of hydrogen-bond acceptors (Lipinski definition) is 6. The van der Waals surface area contributed by atoms with E-state index in [2.05, 4.69) is 75.4 Å². The lowest BCUT2D eigenvalue weighted by molar-refractivity contribution is -0.126. The van der Waals surface area contributed by atoms with Crippen LogP contribution in [0.15, 0.2) is 42.5 Å². The lowest BCUT2D eigenvalue weighted by Gasteiger charge is -2.40. The Morgan fingerprint density at radius 1 is 1.13 bits per heavy atom. The van der Waals surface area contributed by atoms with Gasteiger partial charge in [-0.15, -0.1) is 0 Å². The molecule has 0 amide bonds. The maximum absolute atomic E-state index is 12.9. The smallest absolute Gasteiger partial charge is 0.165 e. The van der Waals surface area contributed by atoms with Crippen molar-refractivity contribution in [3.05, 3.63) is 53.6 Å². The van der Waals surface area contributed by atoms with Crippen molar-refractivity contribution in [2.24, 2.45) is 5.92 Å². The van der Waals surface area contributed by atoms with Crippen molar-refractivity contribution in [2.45, 2.75) is 83.6 Å². The molecule has 1 aliphatic carbocycles. The van der Waals surface area contributed by atoms with Gasteiger partial charge < -0.3 is 9.30 Å². The highest BCUT2D eigenvalue weighted by Gasteiger charge is 2.37. The Labute approximate surface area is 230 Å². The van der Waals surface area contributed by atoms with Crippen LogP contribution in [0.4, 0.5) is 0 Å². The van der Waals surface area contributed by atoms with Gasteiger partial charge in [0.25, 0.3) is 0 Å². The van der Waals surface area contributed by atoms with Crippen LogP contribution >= 0.6 is 11.9 Å². The van der Waals surface area contributed by atoms with E-state index in [0.29, 0.717) is 19.1 Å². The number of hydrazine groups is 1. The molecule has 0 saturated heterocycles. The summed E-state index contributed by atoms with van der Waals surface area (Å²) in [5, 5.41) is 5.07. The number of nitrogens with zero attached hydrogens (tertiary/aromatic N) is 2. The summed E-state index contributed by atoms with van der Waals surface area (Å²) in [6.07, 6.45) is 8.49. The maximum atomic E-state index is 12.9. The number of hydrogen-bond donors (Lipinski definition) is 2. The number of Topliss-reactive ketones (excluding diaryl/α,β-unsaturated/α-hetero) is 1. The molecule has 3 aliphatic rings. The summed E-state index contributed by atoms with van der Waals surface area (Å²) in [6, 6.07) is 15.6. The number of aromatic nitrogens is 1. The van der Waals surface area contributed by atoms with Crippen molar-refractivity contribution in [3.63, 3.8) is 0 Å². The zero-order valence-corrected chi connectivity index (χ0v) is 23.9. The third-order valence-corrected chi connectivity index (χ3v) is 9.68. The molecule has 0 spiro atoms. The largest absolute Gasteiger partial charge is 0.492 e. The zero-order chi connectivity index (χ0) is 26.4. The van der Waals surface area contributed by atoms with E-state index in [1.165, 1.54) is 65.4 Å². The molecule has 1 aromatic heterocycles. The second kappa shape index (κ2) is 10.3. The van der Waals surface area contributed by atoms with Crippen molar-refractivity contribution in [1.82, 2.24) is 19.7 Å². The number of rotatable bonds is 3. The van der Waals surface area contributed by atoms with E-state index in [1.807, 2.05) is 6.92 Å². The third kappa shape index (κ3) is 4.57. The van der Waals surface area contributed by atoms with Crippen LogP contribution in [0.2, 0.25) is 0 Å². The van der Waals surface area contributed by atoms with E-state index in [-0.39, 0.29) is 17.7 Å². The molecule has 38 heavy (non-hydrogen) atoms. The number of ether oxygens (including phenoxy) is 1. The fourth-order valence-corrected chi connectivity index (χ4v) is 7.28. The predicted octanol–water partition coefficient (Wildman–Crippen LogP) is 6.25. The summed E-state index contributed by atoms with van der Waals surface area (Å²) in [4.78, 5) is 12.9. The molecular formula is C31H40N4O2S. The number of para-hydroxylation sites is 1. The molecule has 2 aromatic carbocycles. The molecule has 2 aliphatic heterocycles. The van der Waals surface area contributed by atoms with E-state index >= 15 is 0 Å². The van der Waals surface area contributed by atoms with E-state index in [1.54, 1.807) is 18.9 Å². The van der Waals surface area contributed by atoms with Gasteiger partial charge in [0.15, 0.2) is 5.78 Å². The molecule has 6 rings (SSSR count). The Kier molecular flexibility index (Phi) is 7.06. The van der Waals surface area contributed by atoms with Gasteiger partial charge in [-0.25, -0.2) is 5.43 Å². The summed E-state index contributed by atoms with van der Waals surface area (Å²) in [5.41, 5.74) is 9.23. The van der Waals surface area contributed by atoms with Crippen molar-refractivity contribution in [2.75, 3.05) is 12.9 Å². The van der Waals surface area contributed by atoms with Crippen molar-refractivity contribution in [1.29, 1.82) is 0 Å². The van der Waals surface area contributed by atoms with Crippen LogP contribution < -0.4 is 15.5 Å². The van der Waals surface area contributed by atoms with Gasteiger partial charge >= 0.3 is 0 Å². The van der Waals surface area contributed by atoms with Crippen LogP contribution in [0.1, 0.15) is 69.9 Å². The standard InChI is InChI=1S/C31H40N4O2S/c1-20-24-18-34-27-16-22(17-35(38-4)33-31(3,32-20)21(2)36)14-15-25(27)29(23-10-6-5-7-11-23)30(34)26-12-8-9-13-28(26)37-19-24/h8-9,12-16,20,23-24,32-33H,5-7,10-11,17-19H2,1-4H3/t20?,24-,31?/m1/s1. The van der Waals surface area contributed by atoms with Gasteiger partial charge in [0.1, 0.15) is 11.4 Å². The molecule has 2 unspecified atom stereocenters. The topological polar surface area (TPSA) is 58.5 Å². The monoisotopic (exact) mass is 532 g/mol. The first-order valence-electron chi connectivity index (χ1n) is 14.1. The van der Waals surface area contributed by atoms with E-state index < -0.39 is 5.66 Å². The molecule has 6 nitrogen and oxygen atoms in total. The molecule has 1 fully saturated rings. The zero-order valence-electron chi connectivity index (χ0n) is 23.0. The number of benzene rings is 2. The van der Waals surface area contributed by atoms with Crippen LogP contribution in [0.5, 0.6) is 5.75 Å². The first kappa shape index (κ1) is 25.9. The minimum Gasteiger partial charge on any atom is -0.492 e. The molecule has 3 aromatic rings. The van der Waals surface area contributed by atoms with Crippen molar-refractivity contribution >= 4 is 28.6 Å². The number of fused-ring (bicyclic) bond motifs is 4. The lowest BCUT2D eigenvalue weighted by atomic mass is 9.81. The van der Waals surface area contributed by atoms with E-state index in [0.717, 1.165) is 12.3 Å². The third-order valence-electron chi connectivity index (χ3n) is 9.02. The lowest BCUT2D eigenvalue weighted by Crippen LogP contribution is -2.66. The van der Waals surface area contributed by atoms with Gasteiger partial charge in [0, 0.05) is 41.5 Å². The molecule has 4 bridgehead atoms. The SMILES string of the molecule is CSN1Cc2ccc3c(C4CCCCC4)c4n(c3c2)C[C@H](COc2ccccc2-4)C(C)NC(C)(C(C)=O)N1. The molecule has 3 atom stereocenters. The first-order valence-corrected chi connectivity index (χ1v) is 15.3. The van der Waals surface area contributed by atoms with Crippen LogP contribution in [0.3, 0.4) is 0 Å². The predicted molar refractivity (Wildman–Crippen MR) is 156 cm³/mol. The minimum atomic E-state index is -0.887. The van der Waals surface area contributed by atoms with Crippen molar-refractivity contribution < 1.29 is 9.53 Å². The van der Waals surface area contributed by atoms with Crippen LogP contribution in [-0.4, -0.2) is 39.3 Å². The first-order chi connectivity index (χ1) is 18.4. The highest BCUT2D eigenvalue weighted by atomic mass is 32.2. The van der Waals surface area contributed by atoms with Gasteiger partial charge in [-0.1, -0.05) is 55.5 Å². The van der Waals surface area contributed by atoms with Gasteiger partial charge in [-0.05, 0) is 75.1 Å². The van der Waals surface area contributed by atoms with E-state index in [9.17, 15) is 4.79 Å². The average molecular weight is 533 g/mol. The van der Waals surface area contributed by atoms with Crippen LogP contribution in [0, 0.1) is 5.92 Å². The highest BCUT2D eigenvalue weighted by Crippen LogP contribution is 2.47. The molecule has 7 heteroatoms. The normalized spacial score (nSPS) is 26.7. The quantitative estimate of drug-likeness (QED) is 0.389. The van der Waals surface area contributed by atoms with Gasteiger partial charge in [0.2, 0.25) is 0 Å². The van der Waals surface area contributed by atoms with E-state index in [4.69, 9.17) is 4.74 Å². The molecule has 2 N–H and O–H groups in total. The Bertz CT molecular complexity index is 1350. The average Bonchev–Trinajstić information content (AvgIpc) is 3.21. The second-order valence-electron chi connectivity index (χ2n) is 11.6.